The fourth-order valence-corrected chi connectivity index (χ4v) is 3.78. The number of thioether (sulfide) groups is 1. The number of nitrogens with zero attached hydrogens (tertiary/aromatic N) is 2. The molecule has 0 aliphatic carbocycles. The van der Waals surface area contributed by atoms with E-state index < -0.39 is 17.6 Å². The number of aliphatic imine (C=N–C) groups is 1. The molecule has 2 aromatic carbocycles. The number of ether oxygens (including phenoxy) is 1. The molecule has 0 saturated carbocycles. The average Bonchev–Trinajstić information content (AvgIpc) is 2.69. The van der Waals surface area contributed by atoms with Crippen molar-refractivity contribution in [3.8, 4) is 5.75 Å². The maximum absolute atomic E-state index is 13.3. The summed E-state index contributed by atoms with van der Waals surface area (Å²) in [6.45, 7) is 0.487. The molecule has 0 spiro atoms. The van der Waals surface area contributed by atoms with Gasteiger partial charge in [-0.15, -0.1) is 0 Å². The molecule has 1 aliphatic rings. The minimum atomic E-state index is -4.56. The molecule has 0 saturated heterocycles. The molecule has 0 unspecified atom stereocenters. The van der Waals surface area contributed by atoms with E-state index in [-0.39, 0.29) is 16.3 Å². The summed E-state index contributed by atoms with van der Waals surface area (Å²) in [6, 6.07) is 9.28. The van der Waals surface area contributed by atoms with Gasteiger partial charge in [0.1, 0.15) is 5.75 Å². The summed E-state index contributed by atoms with van der Waals surface area (Å²) in [5, 5.41) is 0.346. The number of amidine groups is 1. The highest BCUT2D eigenvalue weighted by Gasteiger charge is 2.34. The third-order valence-electron chi connectivity index (χ3n) is 4.01. The van der Waals surface area contributed by atoms with Gasteiger partial charge >= 0.3 is 6.18 Å². The van der Waals surface area contributed by atoms with Crippen molar-refractivity contribution in [2.75, 3.05) is 24.3 Å². The largest absolute Gasteiger partial charge is 0.497 e. The summed E-state index contributed by atoms with van der Waals surface area (Å²) in [7, 11) is 1.46. The van der Waals surface area contributed by atoms with Gasteiger partial charge in [-0.2, -0.15) is 13.2 Å². The Morgan fingerprint density at radius 1 is 1.25 bits per heavy atom. The van der Waals surface area contributed by atoms with E-state index in [9.17, 15) is 18.0 Å². The highest BCUT2D eigenvalue weighted by molar-refractivity contribution is 8.14. The molecular formula is C19H16ClF3N2O2S. The van der Waals surface area contributed by atoms with Crippen LogP contribution in [-0.4, -0.2) is 30.5 Å². The van der Waals surface area contributed by atoms with Crippen LogP contribution < -0.4 is 9.64 Å². The Labute approximate surface area is 169 Å². The van der Waals surface area contributed by atoms with Crippen LogP contribution in [0.4, 0.5) is 18.9 Å². The first-order chi connectivity index (χ1) is 13.3. The standard InChI is InChI=1S/C19H16ClF3N2O2S/c1-27-14-5-2-4-12(10-14)17(26)25(18-24-8-3-9-28-18)16-11-13(19(21,22)23)6-7-15(16)20/h2,4-7,10-11H,3,8-9H2,1H3. The van der Waals surface area contributed by atoms with Crippen molar-refractivity contribution in [1.82, 2.24) is 0 Å². The van der Waals surface area contributed by atoms with Crippen molar-refractivity contribution in [3.63, 3.8) is 0 Å². The van der Waals surface area contributed by atoms with Crippen LogP contribution in [-0.2, 0) is 6.18 Å². The fraction of sp³-hybridized carbons (Fsp3) is 0.263. The number of carbonyl (C=O) groups excluding carboxylic acids is 1. The zero-order valence-electron chi connectivity index (χ0n) is 14.8. The lowest BCUT2D eigenvalue weighted by molar-refractivity contribution is -0.137. The van der Waals surface area contributed by atoms with Crippen LogP contribution in [0.15, 0.2) is 47.5 Å². The molecule has 4 nitrogen and oxygen atoms in total. The average molecular weight is 429 g/mol. The van der Waals surface area contributed by atoms with Crippen molar-refractivity contribution < 1.29 is 22.7 Å². The van der Waals surface area contributed by atoms with Gasteiger partial charge in [-0.25, -0.2) is 0 Å². The molecule has 1 amide bonds. The molecule has 148 valence electrons. The van der Waals surface area contributed by atoms with E-state index in [4.69, 9.17) is 16.3 Å². The summed E-state index contributed by atoms with van der Waals surface area (Å²) in [4.78, 5) is 18.8. The van der Waals surface area contributed by atoms with E-state index >= 15 is 0 Å². The van der Waals surface area contributed by atoms with Gasteiger partial charge in [0.05, 0.1) is 23.4 Å². The van der Waals surface area contributed by atoms with Crippen molar-refractivity contribution >= 4 is 40.1 Å². The molecule has 3 rings (SSSR count). The first kappa shape index (κ1) is 20.5. The number of methoxy groups -OCH3 is 1. The predicted molar refractivity (Wildman–Crippen MR) is 106 cm³/mol. The van der Waals surface area contributed by atoms with E-state index in [1.54, 1.807) is 18.2 Å². The van der Waals surface area contributed by atoms with Gasteiger partial charge in [-0.1, -0.05) is 29.4 Å². The SMILES string of the molecule is COc1cccc(C(=O)N(C2=NCCCS2)c2cc(C(F)(F)F)ccc2Cl)c1. The summed E-state index contributed by atoms with van der Waals surface area (Å²) >= 11 is 7.51. The molecule has 2 aromatic rings. The first-order valence-electron chi connectivity index (χ1n) is 8.34. The molecule has 0 atom stereocenters. The van der Waals surface area contributed by atoms with Crippen molar-refractivity contribution in [1.29, 1.82) is 0 Å². The zero-order valence-corrected chi connectivity index (χ0v) is 16.4. The fourth-order valence-electron chi connectivity index (χ4n) is 2.63. The summed E-state index contributed by atoms with van der Waals surface area (Å²) in [6.07, 6.45) is -3.74. The second-order valence-electron chi connectivity index (χ2n) is 5.90. The molecular weight excluding hydrogens is 413 g/mol. The van der Waals surface area contributed by atoms with Crippen LogP contribution in [0.1, 0.15) is 22.3 Å². The van der Waals surface area contributed by atoms with Gasteiger partial charge < -0.3 is 4.74 Å². The maximum Gasteiger partial charge on any atom is 0.416 e. The third kappa shape index (κ3) is 4.44. The molecule has 0 fully saturated rings. The van der Waals surface area contributed by atoms with Crippen molar-refractivity contribution in [3.05, 3.63) is 58.6 Å². The summed E-state index contributed by atoms with van der Waals surface area (Å²) in [5.74, 6) is 0.629. The van der Waals surface area contributed by atoms with Gasteiger partial charge in [0, 0.05) is 17.9 Å². The smallest absolute Gasteiger partial charge is 0.416 e. The van der Waals surface area contributed by atoms with E-state index in [2.05, 4.69) is 4.99 Å². The van der Waals surface area contributed by atoms with Gasteiger partial charge in [-0.05, 0) is 42.8 Å². The van der Waals surface area contributed by atoms with Crippen LogP contribution in [0, 0.1) is 0 Å². The number of carbonyl (C=O) groups is 1. The van der Waals surface area contributed by atoms with Crippen LogP contribution in [0.5, 0.6) is 5.75 Å². The monoisotopic (exact) mass is 428 g/mol. The Kier molecular flexibility index (Phi) is 6.20. The molecule has 0 aromatic heterocycles. The quantitative estimate of drug-likeness (QED) is 0.647. The number of amides is 1. The Hall–Kier alpha value is -2.19. The second kappa shape index (κ2) is 8.45. The Balaban J connectivity index is 2.13. The number of halogens is 4. The number of hydrogen-bond donors (Lipinski definition) is 0. The minimum absolute atomic E-state index is 0.0260. The lowest BCUT2D eigenvalue weighted by Gasteiger charge is -2.27. The van der Waals surface area contributed by atoms with Crippen LogP contribution in [0.3, 0.4) is 0 Å². The number of benzene rings is 2. The lowest BCUT2D eigenvalue weighted by Crippen LogP contribution is -2.37. The van der Waals surface area contributed by atoms with Gasteiger partial charge in [0.15, 0.2) is 5.17 Å². The summed E-state index contributed by atoms with van der Waals surface area (Å²) < 4.78 is 44.8. The van der Waals surface area contributed by atoms with Gasteiger partial charge in [0.25, 0.3) is 5.91 Å². The predicted octanol–water partition coefficient (Wildman–Crippen LogP) is 5.51. The van der Waals surface area contributed by atoms with Crippen molar-refractivity contribution in [2.45, 2.75) is 12.6 Å². The molecule has 0 radical (unpaired) electrons. The number of rotatable bonds is 3. The molecule has 28 heavy (non-hydrogen) atoms. The highest BCUT2D eigenvalue weighted by Crippen LogP contribution is 2.37. The molecule has 0 N–H and O–H groups in total. The molecule has 1 aliphatic heterocycles. The maximum atomic E-state index is 13.3. The number of hydrogen-bond acceptors (Lipinski definition) is 4. The van der Waals surface area contributed by atoms with Crippen LogP contribution in [0.2, 0.25) is 5.02 Å². The lowest BCUT2D eigenvalue weighted by atomic mass is 10.1. The topological polar surface area (TPSA) is 41.9 Å². The van der Waals surface area contributed by atoms with E-state index in [0.717, 1.165) is 29.5 Å². The first-order valence-corrected chi connectivity index (χ1v) is 9.70. The zero-order chi connectivity index (χ0) is 20.3. The van der Waals surface area contributed by atoms with Crippen LogP contribution in [0.25, 0.3) is 0 Å². The number of alkyl halides is 3. The third-order valence-corrected chi connectivity index (χ3v) is 5.39. The summed E-state index contributed by atoms with van der Waals surface area (Å²) in [5.41, 5.74) is -0.698. The normalized spacial score (nSPS) is 14.4. The van der Waals surface area contributed by atoms with Crippen LogP contribution >= 0.6 is 23.4 Å². The minimum Gasteiger partial charge on any atom is -0.497 e. The molecule has 1 heterocycles. The Morgan fingerprint density at radius 2 is 2.04 bits per heavy atom. The van der Waals surface area contributed by atoms with E-state index in [0.29, 0.717) is 23.2 Å². The highest BCUT2D eigenvalue weighted by atomic mass is 35.5. The molecule has 9 heteroatoms. The Bertz CT molecular complexity index is 918. The molecule has 0 bridgehead atoms. The van der Waals surface area contributed by atoms with Crippen molar-refractivity contribution in [2.24, 2.45) is 4.99 Å². The van der Waals surface area contributed by atoms with Gasteiger partial charge in [0.2, 0.25) is 0 Å². The van der Waals surface area contributed by atoms with E-state index in [1.165, 1.54) is 24.9 Å². The Morgan fingerprint density at radius 3 is 2.68 bits per heavy atom. The second-order valence-corrected chi connectivity index (χ2v) is 7.37. The van der Waals surface area contributed by atoms with E-state index in [1.807, 2.05) is 0 Å². The number of anilines is 1. The van der Waals surface area contributed by atoms with Gasteiger partial charge in [-0.3, -0.25) is 14.7 Å².